The van der Waals surface area contributed by atoms with Crippen molar-refractivity contribution in [2.24, 2.45) is 5.92 Å². The van der Waals surface area contributed by atoms with Crippen molar-refractivity contribution in [3.05, 3.63) is 0 Å². The van der Waals surface area contributed by atoms with E-state index >= 15 is 0 Å². The van der Waals surface area contributed by atoms with Crippen molar-refractivity contribution in [3.8, 4) is 0 Å². The number of rotatable bonds is 3. The molecule has 3 N–H and O–H groups in total. The topological polar surface area (TPSA) is 53.9 Å². The van der Waals surface area contributed by atoms with E-state index in [1.54, 1.807) is 0 Å². The third-order valence-electron chi connectivity index (χ3n) is 1.24. The highest BCUT2D eigenvalue weighted by atomic mass is 16.5. The summed E-state index contributed by atoms with van der Waals surface area (Å²) in [7, 11) is 1.40. The summed E-state index contributed by atoms with van der Waals surface area (Å²) in [5.41, 5.74) is 3.67. The fourth-order valence-corrected chi connectivity index (χ4v) is 0.470. The van der Waals surface area contributed by atoms with Crippen molar-refractivity contribution in [3.63, 3.8) is 0 Å². The van der Waals surface area contributed by atoms with Gasteiger partial charge in [0.05, 0.1) is 20.1 Å². The molecule has 3 heteroatoms. The maximum absolute atomic E-state index is 10.5. The molecule has 1 atom stereocenters. The summed E-state index contributed by atoms with van der Waals surface area (Å²) in [4.78, 5) is 10.5. The van der Waals surface area contributed by atoms with Gasteiger partial charge in [0.15, 0.2) is 0 Å². The Kier molecular flexibility index (Phi) is 4.05. The molecular formula is C6H14NO2+. The smallest absolute Gasteiger partial charge is 0.306 e. The quantitative estimate of drug-likeness (QED) is 0.523. The first-order valence-corrected chi connectivity index (χ1v) is 3.06. The van der Waals surface area contributed by atoms with Crippen molar-refractivity contribution in [2.45, 2.75) is 13.3 Å². The largest absolute Gasteiger partial charge is 0.469 e. The van der Waals surface area contributed by atoms with Crippen molar-refractivity contribution < 1.29 is 15.3 Å². The summed E-state index contributed by atoms with van der Waals surface area (Å²) in [5, 5.41) is 0. The van der Waals surface area contributed by atoms with Gasteiger partial charge in [-0.25, -0.2) is 0 Å². The minimum atomic E-state index is -0.147. The van der Waals surface area contributed by atoms with Gasteiger partial charge in [-0.3, -0.25) is 4.79 Å². The molecule has 0 bridgehead atoms. The van der Waals surface area contributed by atoms with Gasteiger partial charge in [-0.05, 0) is 0 Å². The molecule has 0 aromatic carbocycles. The molecule has 0 heterocycles. The molecule has 0 saturated heterocycles. The minimum Gasteiger partial charge on any atom is -0.469 e. The molecule has 0 fully saturated rings. The van der Waals surface area contributed by atoms with E-state index in [9.17, 15) is 4.79 Å². The van der Waals surface area contributed by atoms with Crippen LogP contribution in [0.2, 0.25) is 0 Å². The van der Waals surface area contributed by atoms with Crippen molar-refractivity contribution in [2.75, 3.05) is 13.7 Å². The minimum absolute atomic E-state index is 0.147. The second kappa shape index (κ2) is 4.32. The van der Waals surface area contributed by atoms with E-state index in [0.717, 1.165) is 6.54 Å². The van der Waals surface area contributed by atoms with Gasteiger partial charge < -0.3 is 10.5 Å². The second-order valence-corrected chi connectivity index (χ2v) is 2.17. The van der Waals surface area contributed by atoms with Gasteiger partial charge in [0.2, 0.25) is 0 Å². The van der Waals surface area contributed by atoms with E-state index < -0.39 is 0 Å². The molecule has 0 aliphatic heterocycles. The van der Waals surface area contributed by atoms with Gasteiger partial charge >= 0.3 is 5.97 Å². The molecule has 0 aromatic heterocycles. The maximum Gasteiger partial charge on any atom is 0.306 e. The Labute approximate surface area is 55.2 Å². The van der Waals surface area contributed by atoms with E-state index in [1.807, 2.05) is 6.92 Å². The third kappa shape index (κ3) is 3.97. The van der Waals surface area contributed by atoms with Gasteiger partial charge in [0, 0.05) is 5.92 Å². The molecule has 9 heavy (non-hydrogen) atoms. The predicted octanol–water partition coefficient (Wildman–Crippen LogP) is -0.572. The first kappa shape index (κ1) is 8.43. The Morgan fingerprint density at radius 2 is 2.33 bits per heavy atom. The SMILES string of the molecule is COC(=O)CC(C)C[NH3+]. The van der Waals surface area contributed by atoms with Crippen LogP contribution in [-0.4, -0.2) is 19.6 Å². The van der Waals surface area contributed by atoms with E-state index in [4.69, 9.17) is 0 Å². The Morgan fingerprint density at radius 3 is 2.67 bits per heavy atom. The summed E-state index contributed by atoms with van der Waals surface area (Å²) in [5.74, 6) is 0.198. The molecule has 1 unspecified atom stereocenters. The third-order valence-corrected chi connectivity index (χ3v) is 1.24. The molecule has 0 spiro atoms. The highest BCUT2D eigenvalue weighted by Gasteiger charge is 2.07. The summed E-state index contributed by atoms with van der Waals surface area (Å²) < 4.78 is 4.46. The molecule has 54 valence electrons. The highest BCUT2D eigenvalue weighted by Crippen LogP contribution is 1.98. The zero-order chi connectivity index (χ0) is 7.28. The molecule has 0 aliphatic rings. The fourth-order valence-electron chi connectivity index (χ4n) is 0.470. The van der Waals surface area contributed by atoms with Crippen molar-refractivity contribution in [1.29, 1.82) is 0 Å². The number of carbonyl (C=O) groups is 1. The van der Waals surface area contributed by atoms with Crippen LogP contribution in [0.15, 0.2) is 0 Å². The Hall–Kier alpha value is -0.570. The average Bonchev–Trinajstić information content (AvgIpc) is 1.87. The number of ether oxygens (including phenoxy) is 1. The van der Waals surface area contributed by atoms with Crippen LogP contribution in [0, 0.1) is 5.92 Å². The van der Waals surface area contributed by atoms with Gasteiger partial charge in [0.1, 0.15) is 0 Å². The molecule has 0 aliphatic carbocycles. The van der Waals surface area contributed by atoms with Gasteiger partial charge in [-0.15, -0.1) is 0 Å². The molecule has 0 saturated carbocycles. The van der Waals surface area contributed by atoms with Crippen LogP contribution < -0.4 is 5.73 Å². The number of hydrogen-bond acceptors (Lipinski definition) is 2. The first-order chi connectivity index (χ1) is 4.20. The monoisotopic (exact) mass is 132 g/mol. The Balaban J connectivity index is 3.34. The number of quaternary nitrogens is 1. The first-order valence-electron chi connectivity index (χ1n) is 3.06. The summed E-state index contributed by atoms with van der Waals surface area (Å²) >= 11 is 0. The van der Waals surface area contributed by atoms with Crippen molar-refractivity contribution in [1.82, 2.24) is 0 Å². The van der Waals surface area contributed by atoms with E-state index in [0.29, 0.717) is 12.3 Å². The van der Waals surface area contributed by atoms with E-state index in [2.05, 4.69) is 10.5 Å². The Morgan fingerprint density at radius 1 is 1.78 bits per heavy atom. The number of methoxy groups -OCH3 is 1. The average molecular weight is 132 g/mol. The van der Waals surface area contributed by atoms with Crippen LogP contribution >= 0.6 is 0 Å². The summed E-state index contributed by atoms with van der Waals surface area (Å²) in [6, 6.07) is 0. The lowest BCUT2D eigenvalue weighted by Crippen LogP contribution is -2.53. The van der Waals surface area contributed by atoms with Gasteiger partial charge in [0.25, 0.3) is 0 Å². The number of carbonyl (C=O) groups excluding carboxylic acids is 1. The molecule has 0 amide bonds. The van der Waals surface area contributed by atoms with E-state index in [-0.39, 0.29) is 5.97 Å². The molecular weight excluding hydrogens is 118 g/mol. The van der Waals surface area contributed by atoms with Crippen molar-refractivity contribution >= 4 is 5.97 Å². The van der Waals surface area contributed by atoms with Crippen LogP contribution in [-0.2, 0) is 9.53 Å². The summed E-state index contributed by atoms with van der Waals surface area (Å²) in [6.07, 6.45) is 0.486. The fraction of sp³-hybridized carbons (Fsp3) is 0.833. The molecule has 0 radical (unpaired) electrons. The lowest BCUT2D eigenvalue weighted by atomic mass is 10.1. The van der Waals surface area contributed by atoms with Gasteiger partial charge in [-0.1, -0.05) is 6.92 Å². The standard InChI is InChI=1S/C6H13NO2/c1-5(4-7)3-6(8)9-2/h5H,3-4,7H2,1-2H3/p+1. The zero-order valence-electron chi connectivity index (χ0n) is 6.02. The number of esters is 1. The van der Waals surface area contributed by atoms with Crippen LogP contribution in [0.3, 0.4) is 0 Å². The van der Waals surface area contributed by atoms with E-state index in [1.165, 1.54) is 7.11 Å². The maximum atomic E-state index is 10.5. The lowest BCUT2D eigenvalue weighted by Gasteiger charge is -2.02. The van der Waals surface area contributed by atoms with Crippen LogP contribution in [0.5, 0.6) is 0 Å². The molecule has 3 nitrogen and oxygen atoms in total. The van der Waals surface area contributed by atoms with Crippen LogP contribution in [0.4, 0.5) is 0 Å². The summed E-state index contributed by atoms with van der Waals surface area (Å²) in [6.45, 7) is 2.76. The number of hydrogen-bond donors (Lipinski definition) is 1. The normalized spacial score (nSPS) is 12.8. The molecule has 0 aromatic rings. The predicted molar refractivity (Wildman–Crippen MR) is 33.6 cm³/mol. The van der Waals surface area contributed by atoms with Gasteiger partial charge in [-0.2, -0.15) is 0 Å². The molecule has 0 rings (SSSR count). The van der Waals surface area contributed by atoms with Crippen LogP contribution in [0.1, 0.15) is 13.3 Å². The Bertz CT molecular complexity index is 93.1. The lowest BCUT2D eigenvalue weighted by molar-refractivity contribution is -0.377. The van der Waals surface area contributed by atoms with Crippen LogP contribution in [0.25, 0.3) is 0 Å². The highest BCUT2D eigenvalue weighted by molar-refractivity contribution is 5.69. The second-order valence-electron chi connectivity index (χ2n) is 2.17. The zero-order valence-corrected chi connectivity index (χ0v) is 6.02.